The highest BCUT2D eigenvalue weighted by Crippen LogP contribution is 2.24. The van der Waals surface area contributed by atoms with E-state index in [1.54, 1.807) is 11.3 Å². The van der Waals surface area contributed by atoms with Crippen molar-refractivity contribution in [3.63, 3.8) is 0 Å². The van der Waals surface area contributed by atoms with Gasteiger partial charge >= 0.3 is 0 Å². The van der Waals surface area contributed by atoms with E-state index in [1.807, 2.05) is 0 Å². The maximum absolute atomic E-state index is 4.63. The van der Waals surface area contributed by atoms with Crippen LogP contribution >= 0.6 is 11.3 Å². The minimum absolute atomic E-state index is 0.900. The van der Waals surface area contributed by atoms with Gasteiger partial charge in [0, 0.05) is 17.6 Å². The van der Waals surface area contributed by atoms with E-state index in [-0.39, 0.29) is 0 Å². The number of rotatable bonds is 4. The second-order valence-corrected chi connectivity index (χ2v) is 6.26. The molecular formula is C14H21N3S. The Kier molecular flexibility index (Phi) is 3.39. The van der Waals surface area contributed by atoms with Gasteiger partial charge in [-0.2, -0.15) is 0 Å². The summed E-state index contributed by atoms with van der Waals surface area (Å²) in [6.45, 7) is 6.38. The molecule has 1 aliphatic carbocycles. The van der Waals surface area contributed by atoms with Crippen LogP contribution in [-0.2, 0) is 6.54 Å². The molecule has 1 saturated carbocycles. The van der Waals surface area contributed by atoms with Gasteiger partial charge in [-0.1, -0.05) is 12.8 Å². The average Bonchev–Trinajstić information content (AvgIpc) is 3.02. The van der Waals surface area contributed by atoms with E-state index in [1.165, 1.54) is 42.8 Å². The molecule has 0 radical (unpaired) electrons. The van der Waals surface area contributed by atoms with Crippen LogP contribution in [-0.4, -0.2) is 15.9 Å². The largest absolute Gasteiger partial charge is 0.311 e. The molecule has 0 aromatic carbocycles. The number of aryl methyl sites for hydroxylation is 2. The highest BCUT2D eigenvalue weighted by molar-refractivity contribution is 7.15. The summed E-state index contributed by atoms with van der Waals surface area (Å²) >= 11 is 1.73. The fraction of sp³-hybridized carbons (Fsp3) is 0.643. The fourth-order valence-corrected chi connectivity index (χ4v) is 3.92. The maximum Gasteiger partial charge on any atom is 0.194 e. The smallest absolute Gasteiger partial charge is 0.194 e. The summed E-state index contributed by atoms with van der Waals surface area (Å²) < 4.78 is 2.29. The average molecular weight is 263 g/mol. The first-order valence-electron chi connectivity index (χ1n) is 6.88. The van der Waals surface area contributed by atoms with Gasteiger partial charge in [0.05, 0.1) is 11.4 Å². The van der Waals surface area contributed by atoms with Crippen LogP contribution in [0.25, 0.3) is 4.96 Å². The zero-order valence-electron chi connectivity index (χ0n) is 11.2. The Hall–Kier alpha value is -0.870. The van der Waals surface area contributed by atoms with E-state index < -0.39 is 0 Å². The zero-order valence-corrected chi connectivity index (χ0v) is 12.0. The summed E-state index contributed by atoms with van der Waals surface area (Å²) in [5.41, 5.74) is 3.80. The summed E-state index contributed by atoms with van der Waals surface area (Å²) in [5, 5.41) is 5.81. The minimum Gasteiger partial charge on any atom is -0.311 e. The highest BCUT2D eigenvalue weighted by atomic mass is 32.1. The topological polar surface area (TPSA) is 29.3 Å². The van der Waals surface area contributed by atoms with Crippen LogP contribution in [0.5, 0.6) is 0 Å². The Morgan fingerprint density at radius 3 is 2.94 bits per heavy atom. The highest BCUT2D eigenvalue weighted by Gasteiger charge is 2.16. The number of hydrogen-bond acceptors (Lipinski definition) is 3. The molecule has 1 aliphatic rings. The Bertz CT molecular complexity index is 534. The molecule has 0 unspecified atom stereocenters. The Labute approximate surface area is 112 Å². The first-order valence-corrected chi connectivity index (χ1v) is 7.76. The fourth-order valence-electron chi connectivity index (χ4n) is 2.98. The van der Waals surface area contributed by atoms with Gasteiger partial charge in [-0.25, -0.2) is 4.98 Å². The SMILES string of the molecule is Cc1nc2scc(C)n2c1CNCC1CCCC1. The quantitative estimate of drug-likeness (QED) is 0.917. The molecule has 0 saturated heterocycles. The zero-order chi connectivity index (χ0) is 12.5. The van der Waals surface area contributed by atoms with Crippen molar-refractivity contribution in [3.05, 3.63) is 22.5 Å². The van der Waals surface area contributed by atoms with Crippen LogP contribution in [0.3, 0.4) is 0 Å². The van der Waals surface area contributed by atoms with Crippen molar-refractivity contribution in [1.82, 2.24) is 14.7 Å². The number of fused-ring (bicyclic) bond motifs is 1. The molecule has 0 aliphatic heterocycles. The number of nitrogens with one attached hydrogen (secondary N) is 1. The van der Waals surface area contributed by atoms with E-state index in [4.69, 9.17) is 0 Å². The summed E-state index contributed by atoms with van der Waals surface area (Å²) in [4.78, 5) is 5.75. The molecule has 0 spiro atoms. The second-order valence-electron chi connectivity index (χ2n) is 5.42. The number of thiazole rings is 1. The van der Waals surface area contributed by atoms with Gasteiger partial charge in [-0.3, -0.25) is 4.40 Å². The summed E-state index contributed by atoms with van der Waals surface area (Å²) in [6.07, 6.45) is 5.66. The van der Waals surface area contributed by atoms with Gasteiger partial charge in [-0.05, 0) is 39.2 Å². The molecule has 1 fully saturated rings. The molecule has 18 heavy (non-hydrogen) atoms. The van der Waals surface area contributed by atoms with Crippen molar-refractivity contribution in [1.29, 1.82) is 0 Å². The van der Waals surface area contributed by atoms with Crippen molar-refractivity contribution in [2.24, 2.45) is 5.92 Å². The van der Waals surface area contributed by atoms with Crippen LogP contribution in [0.1, 0.15) is 42.8 Å². The van der Waals surface area contributed by atoms with Crippen LogP contribution < -0.4 is 5.32 Å². The standard InChI is InChI=1S/C14H21N3S/c1-10-9-18-14-16-11(2)13(17(10)14)8-15-7-12-5-3-4-6-12/h9,12,15H,3-8H2,1-2H3. The Morgan fingerprint density at radius 1 is 1.39 bits per heavy atom. The van der Waals surface area contributed by atoms with Crippen LogP contribution in [0.4, 0.5) is 0 Å². The molecule has 3 nitrogen and oxygen atoms in total. The lowest BCUT2D eigenvalue weighted by Crippen LogP contribution is -2.22. The van der Waals surface area contributed by atoms with Crippen molar-refractivity contribution < 1.29 is 0 Å². The third kappa shape index (κ3) is 2.19. The van der Waals surface area contributed by atoms with Crippen molar-refractivity contribution >= 4 is 16.3 Å². The number of imidazole rings is 1. The second kappa shape index (κ2) is 5.02. The first-order chi connectivity index (χ1) is 8.75. The number of aromatic nitrogens is 2. The summed E-state index contributed by atoms with van der Waals surface area (Å²) in [5.74, 6) is 0.900. The predicted octanol–water partition coefficient (Wildman–Crippen LogP) is 3.29. The Morgan fingerprint density at radius 2 is 2.17 bits per heavy atom. The lowest BCUT2D eigenvalue weighted by molar-refractivity contribution is 0.486. The van der Waals surface area contributed by atoms with Crippen LogP contribution in [0, 0.1) is 19.8 Å². The molecule has 2 heterocycles. The van der Waals surface area contributed by atoms with Gasteiger partial charge in [0.25, 0.3) is 0 Å². The monoisotopic (exact) mass is 263 g/mol. The van der Waals surface area contributed by atoms with E-state index in [0.29, 0.717) is 0 Å². The van der Waals surface area contributed by atoms with Gasteiger partial charge < -0.3 is 5.32 Å². The number of hydrogen-bond donors (Lipinski definition) is 1. The maximum atomic E-state index is 4.63. The predicted molar refractivity (Wildman–Crippen MR) is 76.2 cm³/mol. The minimum atomic E-state index is 0.900. The molecular weight excluding hydrogens is 242 g/mol. The van der Waals surface area contributed by atoms with E-state index in [0.717, 1.165) is 24.0 Å². The van der Waals surface area contributed by atoms with E-state index in [9.17, 15) is 0 Å². The van der Waals surface area contributed by atoms with Crippen LogP contribution in [0.15, 0.2) is 5.38 Å². The molecule has 0 amide bonds. The van der Waals surface area contributed by atoms with Gasteiger partial charge in [0.2, 0.25) is 0 Å². The van der Waals surface area contributed by atoms with Crippen molar-refractivity contribution in [3.8, 4) is 0 Å². The lowest BCUT2D eigenvalue weighted by atomic mass is 10.1. The molecule has 4 heteroatoms. The molecule has 1 N–H and O–H groups in total. The van der Waals surface area contributed by atoms with E-state index >= 15 is 0 Å². The molecule has 2 aromatic heterocycles. The van der Waals surface area contributed by atoms with Gasteiger partial charge in [0.1, 0.15) is 0 Å². The lowest BCUT2D eigenvalue weighted by Gasteiger charge is -2.10. The van der Waals surface area contributed by atoms with E-state index in [2.05, 4.69) is 33.9 Å². The first kappa shape index (κ1) is 12.2. The normalized spacial score (nSPS) is 17.0. The molecule has 3 rings (SSSR count). The molecule has 0 atom stereocenters. The van der Waals surface area contributed by atoms with Crippen molar-refractivity contribution in [2.75, 3.05) is 6.54 Å². The number of nitrogens with zero attached hydrogens (tertiary/aromatic N) is 2. The summed E-state index contributed by atoms with van der Waals surface area (Å²) in [6, 6.07) is 0. The third-order valence-electron chi connectivity index (χ3n) is 4.03. The Balaban J connectivity index is 1.69. The molecule has 2 aromatic rings. The van der Waals surface area contributed by atoms with Gasteiger partial charge in [0.15, 0.2) is 4.96 Å². The van der Waals surface area contributed by atoms with Gasteiger partial charge in [-0.15, -0.1) is 11.3 Å². The van der Waals surface area contributed by atoms with Crippen molar-refractivity contribution in [2.45, 2.75) is 46.1 Å². The summed E-state index contributed by atoms with van der Waals surface area (Å²) in [7, 11) is 0. The molecule has 0 bridgehead atoms. The third-order valence-corrected chi connectivity index (χ3v) is 4.97. The van der Waals surface area contributed by atoms with Crippen LogP contribution in [0.2, 0.25) is 0 Å². The molecule has 98 valence electrons.